The van der Waals surface area contributed by atoms with Crippen LogP contribution in [0.1, 0.15) is 22.9 Å². The fourth-order valence-electron chi connectivity index (χ4n) is 1.90. The van der Waals surface area contributed by atoms with Crippen LogP contribution >= 0.6 is 22.7 Å². The van der Waals surface area contributed by atoms with E-state index in [1.54, 1.807) is 11.3 Å². The van der Waals surface area contributed by atoms with Gasteiger partial charge in [-0.1, -0.05) is 18.2 Å². The quantitative estimate of drug-likeness (QED) is 0.771. The van der Waals surface area contributed by atoms with Gasteiger partial charge in [0.15, 0.2) is 0 Å². The molecule has 1 unspecified atom stereocenters. The van der Waals surface area contributed by atoms with Gasteiger partial charge in [0.05, 0.1) is 0 Å². The highest BCUT2D eigenvalue weighted by Gasteiger charge is 2.09. The van der Waals surface area contributed by atoms with Crippen LogP contribution in [0.25, 0.3) is 10.1 Å². The summed E-state index contributed by atoms with van der Waals surface area (Å²) in [7, 11) is 0. The molecule has 2 nitrogen and oxygen atoms in total. The molecule has 0 amide bonds. The number of aromatic nitrogens is 1. The Labute approximate surface area is 114 Å². The predicted octanol–water partition coefficient (Wildman–Crippen LogP) is 4.21. The lowest BCUT2D eigenvalue weighted by molar-refractivity contribution is 0.581. The van der Waals surface area contributed by atoms with Crippen LogP contribution in [0.4, 0.5) is 0 Å². The minimum Gasteiger partial charge on any atom is -0.303 e. The first kappa shape index (κ1) is 11.8. The van der Waals surface area contributed by atoms with Crippen LogP contribution in [0.15, 0.2) is 41.9 Å². The molecule has 1 N–H and O–H groups in total. The van der Waals surface area contributed by atoms with E-state index in [1.807, 2.05) is 22.9 Å². The number of thiophene rings is 1. The van der Waals surface area contributed by atoms with E-state index in [4.69, 9.17) is 0 Å². The van der Waals surface area contributed by atoms with Crippen molar-refractivity contribution in [1.29, 1.82) is 0 Å². The van der Waals surface area contributed by atoms with Crippen molar-refractivity contribution in [1.82, 2.24) is 10.3 Å². The summed E-state index contributed by atoms with van der Waals surface area (Å²) in [6.45, 7) is 3.05. The highest BCUT2D eigenvalue weighted by atomic mass is 32.1. The molecule has 0 radical (unpaired) electrons. The number of nitrogens with zero attached hydrogens (tertiary/aromatic N) is 1. The average Bonchev–Trinajstić information content (AvgIpc) is 3.04. The summed E-state index contributed by atoms with van der Waals surface area (Å²) in [5, 5.41) is 8.01. The van der Waals surface area contributed by atoms with E-state index in [0.29, 0.717) is 6.04 Å². The standard InChI is InChI=1S/C14H14N2S2/c1-10(16-9-14-15-6-7-17-14)13-8-11-4-2-3-5-12(11)18-13/h2-8,10,16H,9H2,1H3. The normalized spacial score (nSPS) is 12.9. The van der Waals surface area contributed by atoms with E-state index in [2.05, 4.69) is 47.6 Å². The van der Waals surface area contributed by atoms with Crippen LogP contribution in [-0.4, -0.2) is 4.98 Å². The van der Waals surface area contributed by atoms with Gasteiger partial charge in [-0.2, -0.15) is 0 Å². The van der Waals surface area contributed by atoms with E-state index in [9.17, 15) is 0 Å². The number of benzene rings is 1. The maximum absolute atomic E-state index is 4.28. The van der Waals surface area contributed by atoms with Crippen LogP contribution in [0.2, 0.25) is 0 Å². The highest BCUT2D eigenvalue weighted by Crippen LogP contribution is 2.29. The summed E-state index contributed by atoms with van der Waals surface area (Å²) >= 11 is 3.56. The van der Waals surface area contributed by atoms with Crippen molar-refractivity contribution in [3.63, 3.8) is 0 Å². The Kier molecular flexibility index (Phi) is 3.41. The topological polar surface area (TPSA) is 24.9 Å². The first-order chi connectivity index (χ1) is 8.83. The molecule has 2 heterocycles. The molecule has 0 bridgehead atoms. The Bertz CT molecular complexity index is 595. The minimum atomic E-state index is 0.367. The Morgan fingerprint density at radius 2 is 2.22 bits per heavy atom. The molecule has 4 heteroatoms. The second-order valence-corrected chi connectivity index (χ2v) is 6.31. The van der Waals surface area contributed by atoms with Gasteiger partial charge in [0.25, 0.3) is 0 Å². The molecular weight excluding hydrogens is 260 g/mol. The largest absolute Gasteiger partial charge is 0.303 e. The third-order valence-corrected chi connectivity index (χ3v) is 4.99. The van der Waals surface area contributed by atoms with E-state index in [0.717, 1.165) is 11.6 Å². The van der Waals surface area contributed by atoms with Crippen LogP contribution < -0.4 is 5.32 Å². The third kappa shape index (κ3) is 2.46. The van der Waals surface area contributed by atoms with Crippen molar-refractivity contribution < 1.29 is 0 Å². The van der Waals surface area contributed by atoms with Gasteiger partial charge in [-0.05, 0) is 24.4 Å². The summed E-state index contributed by atoms with van der Waals surface area (Å²) in [4.78, 5) is 5.67. The molecule has 0 saturated heterocycles. The van der Waals surface area contributed by atoms with Crippen molar-refractivity contribution >= 4 is 32.8 Å². The van der Waals surface area contributed by atoms with E-state index < -0.39 is 0 Å². The zero-order valence-electron chi connectivity index (χ0n) is 10.1. The lowest BCUT2D eigenvalue weighted by Gasteiger charge is -2.10. The minimum absolute atomic E-state index is 0.367. The number of thiazole rings is 1. The van der Waals surface area contributed by atoms with Crippen LogP contribution in [0.5, 0.6) is 0 Å². The molecule has 18 heavy (non-hydrogen) atoms. The summed E-state index contributed by atoms with van der Waals surface area (Å²) in [6, 6.07) is 11.2. The second-order valence-electron chi connectivity index (χ2n) is 4.22. The predicted molar refractivity (Wildman–Crippen MR) is 79.2 cm³/mol. The fraction of sp³-hybridized carbons (Fsp3) is 0.214. The molecule has 0 aliphatic rings. The Morgan fingerprint density at radius 3 is 3.00 bits per heavy atom. The number of hydrogen-bond donors (Lipinski definition) is 1. The zero-order valence-corrected chi connectivity index (χ0v) is 11.7. The molecular formula is C14H14N2S2. The summed E-state index contributed by atoms with van der Waals surface area (Å²) < 4.78 is 1.36. The first-order valence-electron chi connectivity index (χ1n) is 5.93. The maximum Gasteiger partial charge on any atom is 0.106 e. The summed E-state index contributed by atoms with van der Waals surface area (Å²) in [5.74, 6) is 0. The van der Waals surface area contributed by atoms with Gasteiger partial charge in [-0.3, -0.25) is 0 Å². The number of fused-ring (bicyclic) bond motifs is 1. The molecule has 0 aliphatic carbocycles. The van der Waals surface area contributed by atoms with Crippen LogP contribution in [0, 0.1) is 0 Å². The molecule has 2 aromatic heterocycles. The second kappa shape index (κ2) is 5.18. The molecule has 0 aliphatic heterocycles. The Hall–Kier alpha value is -1.23. The van der Waals surface area contributed by atoms with Gasteiger partial charge >= 0.3 is 0 Å². The number of nitrogens with one attached hydrogen (secondary N) is 1. The monoisotopic (exact) mass is 274 g/mol. The van der Waals surface area contributed by atoms with Crippen molar-refractivity contribution in [3.05, 3.63) is 51.8 Å². The summed E-state index contributed by atoms with van der Waals surface area (Å²) in [6.07, 6.45) is 1.85. The number of hydrogen-bond acceptors (Lipinski definition) is 4. The van der Waals surface area contributed by atoms with Gasteiger partial charge in [0.2, 0.25) is 0 Å². The molecule has 1 aromatic carbocycles. The van der Waals surface area contributed by atoms with Gasteiger partial charge in [-0.15, -0.1) is 22.7 Å². The molecule has 3 aromatic rings. The Balaban J connectivity index is 1.73. The lowest BCUT2D eigenvalue weighted by atomic mass is 10.2. The smallest absolute Gasteiger partial charge is 0.106 e. The van der Waals surface area contributed by atoms with Crippen molar-refractivity contribution in [2.24, 2.45) is 0 Å². The summed E-state index contributed by atoms with van der Waals surface area (Å²) in [5.41, 5.74) is 0. The van der Waals surface area contributed by atoms with Gasteiger partial charge in [0, 0.05) is 33.7 Å². The number of rotatable bonds is 4. The first-order valence-corrected chi connectivity index (χ1v) is 7.63. The van der Waals surface area contributed by atoms with Crippen LogP contribution in [-0.2, 0) is 6.54 Å². The van der Waals surface area contributed by atoms with E-state index in [1.165, 1.54) is 15.0 Å². The fourth-order valence-corrected chi connectivity index (χ4v) is 3.56. The molecule has 0 fully saturated rings. The molecule has 0 saturated carbocycles. The lowest BCUT2D eigenvalue weighted by Crippen LogP contribution is -2.16. The van der Waals surface area contributed by atoms with Crippen molar-refractivity contribution in [3.8, 4) is 0 Å². The van der Waals surface area contributed by atoms with Gasteiger partial charge in [-0.25, -0.2) is 4.98 Å². The van der Waals surface area contributed by atoms with Crippen molar-refractivity contribution in [2.75, 3.05) is 0 Å². The molecule has 3 rings (SSSR count). The van der Waals surface area contributed by atoms with Crippen LogP contribution in [0.3, 0.4) is 0 Å². The SMILES string of the molecule is CC(NCc1nccs1)c1cc2ccccc2s1. The van der Waals surface area contributed by atoms with E-state index >= 15 is 0 Å². The Morgan fingerprint density at radius 1 is 1.33 bits per heavy atom. The van der Waals surface area contributed by atoms with E-state index in [-0.39, 0.29) is 0 Å². The van der Waals surface area contributed by atoms with Crippen molar-refractivity contribution in [2.45, 2.75) is 19.5 Å². The maximum atomic E-state index is 4.28. The zero-order chi connectivity index (χ0) is 12.4. The molecule has 1 atom stereocenters. The molecule has 92 valence electrons. The van der Waals surface area contributed by atoms with Gasteiger partial charge < -0.3 is 5.32 Å². The average molecular weight is 274 g/mol. The third-order valence-electron chi connectivity index (χ3n) is 2.91. The molecule has 0 spiro atoms. The highest BCUT2D eigenvalue weighted by molar-refractivity contribution is 7.19. The van der Waals surface area contributed by atoms with Gasteiger partial charge in [0.1, 0.15) is 5.01 Å².